The van der Waals surface area contributed by atoms with E-state index in [9.17, 15) is 22.8 Å². The van der Waals surface area contributed by atoms with Gasteiger partial charge in [-0.2, -0.15) is 13.2 Å². The Bertz CT molecular complexity index is 1640. The molecule has 3 amide bonds. The molecule has 13 heteroatoms. The van der Waals surface area contributed by atoms with Gasteiger partial charge in [-0.1, -0.05) is 13.0 Å². The molecule has 1 aromatic heterocycles. The smallest absolute Gasteiger partial charge is 0.416 e. The fraction of sp³-hybridized carbons (Fsp3) is 0.406. The first-order chi connectivity index (χ1) is 21.7. The van der Waals surface area contributed by atoms with E-state index in [-0.39, 0.29) is 41.8 Å². The van der Waals surface area contributed by atoms with Gasteiger partial charge in [-0.3, -0.25) is 9.69 Å². The Balaban J connectivity index is 0.989. The van der Waals surface area contributed by atoms with Gasteiger partial charge in [-0.15, -0.1) is 0 Å². The van der Waals surface area contributed by atoms with Gasteiger partial charge in [0.05, 0.1) is 17.5 Å². The number of fused-ring (bicyclic) bond motifs is 4. The van der Waals surface area contributed by atoms with Crippen molar-refractivity contribution in [1.82, 2.24) is 20.1 Å². The first-order valence-electron chi connectivity index (χ1n) is 15.1. The quantitative estimate of drug-likeness (QED) is 0.342. The summed E-state index contributed by atoms with van der Waals surface area (Å²) in [6, 6.07) is 10.2. The number of carbonyl (C=O) groups excluding carboxylic acids is 2. The first-order valence-corrected chi connectivity index (χ1v) is 15.1. The van der Waals surface area contributed by atoms with E-state index in [1.165, 1.54) is 12.1 Å². The third-order valence-electron chi connectivity index (χ3n) is 8.93. The number of aromatic nitrogens is 1. The third-order valence-corrected chi connectivity index (χ3v) is 8.93. The number of benzene rings is 2. The Morgan fingerprint density at radius 1 is 1.09 bits per heavy atom. The van der Waals surface area contributed by atoms with Gasteiger partial charge in [-0.05, 0) is 54.9 Å². The van der Waals surface area contributed by atoms with Gasteiger partial charge in [0.25, 0.3) is 0 Å². The molecule has 0 bridgehead atoms. The van der Waals surface area contributed by atoms with E-state index in [1.54, 1.807) is 18.3 Å². The molecule has 1 aliphatic carbocycles. The molecule has 0 spiro atoms. The molecule has 10 nitrogen and oxygen atoms in total. The lowest BCUT2D eigenvalue weighted by atomic mass is 10.0. The van der Waals surface area contributed by atoms with Crippen molar-refractivity contribution in [2.24, 2.45) is 0 Å². The molecule has 7 rings (SSSR count). The van der Waals surface area contributed by atoms with Crippen molar-refractivity contribution in [2.75, 3.05) is 43.4 Å². The third kappa shape index (κ3) is 6.01. The fourth-order valence-electron chi connectivity index (χ4n) is 6.44. The molecule has 1 saturated carbocycles. The number of ether oxygens (including phenoxy) is 2. The molecular weight excluding hydrogens is 589 g/mol. The number of rotatable bonds is 7. The normalized spacial score (nSPS) is 22.4. The Morgan fingerprint density at radius 2 is 1.89 bits per heavy atom. The van der Waals surface area contributed by atoms with Crippen LogP contribution in [0.3, 0.4) is 0 Å². The Labute approximate surface area is 257 Å². The molecule has 3 atom stereocenters. The highest BCUT2D eigenvalue weighted by molar-refractivity contribution is 5.93. The molecule has 45 heavy (non-hydrogen) atoms. The molecule has 0 unspecified atom stereocenters. The van der Waals surface area contributed by atoms with Crippen molar-refractivity contribution < 1.29 is 32.2 Å². The van der Waals surface area contributed by atoms with E-state index in [1.807, 2.05) is 17.0 Å². The van der Waals surface area contributed by atoms with Crippen LogP contribution in [0.2, 0.25) is 0 Å². The van der Waals surface area contributed by atoms with Crippen molar-refractivity contribution >= 4 is 23.4 Å². The van der Waals surface area contributed by atoms with E-state index in [4.69, 9.17) is 9.47 Å². The fourth-order valence-corrected chi connectivity index (χ4v) is 6.44. The number of amides is 3. The number of carbonyl (C=O) groups is 2. The molecule has 4 aliphatic rings. The Hall–Kier alpha value is -4.36. The van der Waals surface area contributed by atoms with Gasteiger partial charge < -0.3 is 30.3 Å². The van der Waals surface area contributed by atoms with Gasteiger partial charge >= 0.3 is 12.2 Å². The van der Waals surface area contributed by atoms with Gasteiger partial charge in [0.15, 0.2) is 0 Å². The van der Waals surface area contributed by atoms with Crippen molar-refractivity contribution in [3.8, 4) is 17.2 Å². The number of pyridine rings is 1. The summed E-state index contributed by atoms with van der Waals surface area (Å²) >= 11 is 0. The zero-order valence-electron chi connectivity index (χ0n) is 24.6. The molecule has 2 aromatic carbocycles. The lowest BCUT2D eigenvalue weighted by Crippen LogP contribution is -2.45. The molecule has 3 aromatic rings. The van der Waals surface area contributed by atoms with Crippen LogP contribution in [-0.2, 0) is 23.9 Å². The summed E-state index contributed by atoms with van der Waals surface area (Å²) in [6.07, 6.45) is -2.38. The molecule has 3 aliphatic heterocycles. The highest BCUT2D eigenvalue weighted by Gasteiger charge is 2.59. The second-order valence-electron chi connectivity index (χ2n) is 11.8. The van der Waals surface area contributed by atoms with Crippen LogP contribution < -0.4 is 25.4 Å². The summed E-state index contributed by atoms with van der Waals surface area (Å²) in [5, 5.41) is 8.18. The lowest BCUT2D eigenvalue weighted by Gasteiger charge is -2.34. The summed E-state index contributed by atoms with van der Waals surface area (Å²) in [7, 11) is 0. The average molecular weight is 623 g/mol. The number of hydrogen-bond donors (Lipinski definition) is 3. The summed E-state index contributed by atoms with van der Waals surface area (Å²) in [5.41, 5.74) is 1.21. The summed E-state index contributed by atoms with van der Waals surface area (Å²) in [6.45, 7) is 6.28. The second-order valence-corrected chi connectivity index (χ2v) is 11.8. The summed E-state index contributed by atoms with van der Waals surface area (Å²) in [5.74, 6) is 2.17. The number of urea groups is 1. The molecule has 3 N–H and O–H groups in total. The molecule has 236 valence electrons. The molecule has 0 radical (unpaired) electrons. The zero-order chi connectivity index (χ0) is 31.3. The standard InChI is InChI=1S/C32H33F3N6O4/c1-2-40-11-13-41(14-12-40)17-18-3-4-19(15-23(18)32(33,34)35)37-31(43)39-28-27-22-16-20(5-7-24(22)45-29(27)28)44-25-9-10-36-30-21(25)6-8-26(42)38-30/h3-5,7,9-10,15-16,27-29H,2,6,8,11-14,17H2,1H3,(H,36,38,42)(H2,37,39,43)/t27-,28-,29-/m0/s1. The van der Waals surface area contributed by atoms with Crippen LogP contribution in [0.4, 0.5) is 29.5 Å². The number of nitrogens with zero attached hydrogens (tertiary/aromatic N) is 3. The Morgan fingerprint density at radius 3 is 2.67 bits per heavy atom. The molecule has 2 fully saturated rings. The van der Waals surface area contributed by atoms with Crippen LogP contribution in [0, 0.1) is 0 Å². The maximum absolute atomic E-state index is 14.0. The van der Waals surface area contributed by atoms with Gasteiger partial charge in [-0.25, -0.2) is 9.78 Å². The number of halogens is 3. The minimum Gasteiger partial charge on any atom is -0.487 e. The van der Waals surface area contributed by atoms with Crippen LogP contribution in [0.25, 0.3) is 0 Å². The monoisotopic (exact) mass is 622 g/mol. The number of anilines is 2. The second kappa shape index (κ2) is 11.5. The minimum absolute atomic E-state index is 0.0686. The molecule has 4 heterocycles. The van der Waals surface area contributed by atoms with Crippen LogP contribution in [0.15, 0.2) is 48.7 Å². The van der Waals surface area contributed by atoms with Crippen LogP contribution in [0.1, 0.15) is 41.5 Å². The van der Waals surface area contributed by atoms with Crippen LogP contribution >= 0.6 is 0 Å². The highest BCUT2D eigenvalue weighted by Crippen LogP contribution is 2.54. The first kappa shape index (κ1) is 29.4. The van der Waals surface area contributed by atoms with E-state index < -0.39 is 17.8 Å². The zero-order valence-corrected chi connectivity index (χ0v) is 24.6. The number of piperazine rings is 1. The van der Waals surface area contributed by atoms with E-state index >= 15 is 0 Å². The predicted octanol–water partition coefficient (Wildman–Crippen LogP) is 4.96. The molecular formula is C32H33F3N6O4. The topological polar surface area (TPSA) is 108 Å². The van der Waals surface area contributed by atoms with Gasteiger partial charge in [0.2, 0.25) is 5.91 Å². The van der Waals surface area contributed by atoms with Crippen molar-refractivity contribution in [2.45, 2.75) is 50.6 Å². The van der Waals surface area contributed by atoms with E-state index in [2.05, 4.69) is 32.8 Å². The predicted molar refractivity (Wildman–Crippen MR) is 160 cm³/mol. The average Bonchev–Trinajstić information content (AvgIpc) is 3.53. The molecule has 1 saturated heterocycles. The van der Waals surface area contributed by atoms with Crippen molar-refractivity contribution in [3.63, 3.8) is 0 Å². The highest BCUT2D eigenvalue weighted by atomic mass is 19.4. The number of nitrogens with one attached hydrogen (secondary N) is 3. The Kier molecular flexibility index (Phi) is 7.52. The van der Waals surface area contributed by atoms with Crippen LogP contribution in [-0.4, -0.2) is 71.6 Å². The number of likely N-dealkylation sites (N-methyl/N-ethyl adjacent to an activating group) is 1. The van der Waals surface area contributed by atoms with Crippen LogP contribution in [0.5, 0.6) is 17.2 Å². The summed E-state index contributed by atoms with van der Waals surface area (Å²) in [4.78, 5) is 33.1. The SMILES string of the molecule is CCN1CCN(Cc2ccc(NC(=O)N[C@@H]3[C@H]4Oc5ccc(Oc6ccnc7c6CCC(=O)N7)cc5[C@@H]34)cc2C(F)(F)F)CC1. The van der Waals surface area contributed by atoms with E-state index in [0.717, 1.165) is 36.8 Å². The van der Waals surface area contributed by atoms with Crippen molar-refractivity contribution in [3.05, 3.63) is 70.9 Å². The van der Waals surface area contributed by atoms with Crippen molar-refractivity contribution in [1.29, 1.82) is 0 Å². The summed E-state index contributed by atoms with van der Waals surface area (Å²) < 4.78 is 54.2. The van der Waals surface area contributed by atoms with Gasteiger partial charge in [0.1, 0.15) is 29.2 Å². The minimum atomic E-state index is -4.55. The maximum Gasteiger partial charge on any atom is 0.416 e. The number of alkyl halides is 3. The largest absolute Gasteiger partial charge is 0.487 e. The lowest BCUT2D eigenvalue weighted by molar-refractivity contribution is -0.138. The van der Waals surface area contributed by atoms with Gasteiger partial charge in [0, 0.05) is 62.2 Å². The number of hydrogen-bond acceptors (Lipinski definition) is 7. The maximum atomic E-state index is 14.0. The van der Waals surface area contributed by atoms with E-state index in [0.29, 0.717) is 49.0 Å².